The number of rotatable bonds is 5. The van der Waals surface area contributed by atoms with Crippen LogP contribution in [0, 0.1) is 5.82 Å². The molecule has 2 N–H and O–H groups in total. The maximum Gasteiger partial charge on any atom is 0.321 e. The van der Waals surface area contributed by atoms with Crippen molar-refractivity contribution in [1.29, 1.82) is 0 Å². The minimum absolute atomic E-state index is 0.0367. The topological polar surface area (TPSA) is 93.1 Å². The van der Waals surface area contributed by atoms with Crippen molar-refractivity contribution in [2.24, 2.45) is 0 Å². The zero-order valence-corrected chi connectivity index (χ0v) is 16.6. The molecule has 0 bridgehead atoms. The number of halogens is 1. The molecule has 150 valence electrons. The van der Waals surface area contributed by atoms with Gasteiger partial charge in [0.1, 0.15) is 5.82 Å². The average Bonchev–Trinajstić information content (AvgIpc) is 2.69. The molecule has 7 nitrogen and oxygen atoms in total. The third-order valence-corrected chi connectivity index (χ3v) is 5.12. The summed E-state index contributed by atoms with van der Waals surface area (Å²) in [5.41, 5.74) is 0.0260. The van der Waals surface area contributed by atoms with Gasteiger partial charge in [-0.25, -0.2) is 14.2 Å². The van der Waals surface area contributed by atoms with Gasteiger partial charge in [0.25, 0.3) is 5.56 Å². The predicted octanol–water partition coefficient (Wildman–Crippen LogP) is 2.85. The van der Waals surface area contributed by atoms with Crippen LogP contribution in [0.1, 0.15) is 13.8 Å². The van der Waals surface area contributed by atoms with Gasteiger partial charge in [0.05, 0.1) is 21.8 Å². The first kappa shape index (κ1) is 20.5. The van der Waals surface area contributed by atoms with Crippen LogP contribution in [0.5, 0.6) is 0 Å². The first-order valence-electron chi connectivity index (χ1n) is 8.94. The number of aromatic nitrogens is 2. The third kappa shape index (κ3) is 4.45. The number of carbonyl (C=O) groups excluding carboxylic acids is 2. The lowest BCUT2D eigenvalue weighted by Crippen LogP contribution is -2.42. The Kier molecular flexibility index (Phi) is 6.28. The first-order chi connectivity index (χ1) is 13.9. The Bertz CT molecular complexity index is 1130. The summed E-state index contributed by atoms with van der Waals surface area (Å²) < 4.78 is 15.6. The monoisotopic (exact) mass is 414 g/mol. The molecule has 3 aromatic rings. The number of carbonyl (C=O) groups is 2. The lowest BCUT2D eigenvalue weighted by molar-refractivity contribution is -0.119. The number of benzene rings is 2. The molecule has 2 aromatic carbocycles. The normalized spacial score (nSPS) is 11.8. The smallest absolute Gasteiger partial charge is 0.321 e. The van der Waals surface area contributed by atoms with Gasteiger partial charge in [-0.05, 0) is 38.1 Å². The van der Waals surface area contributed by atoms with Crippen molar-refractivity contribution in [2.45, 2.75) is 24.3 Å². The van der Waals surface area contributed by atoms with Crippen molar-refractivity contribution in [3.8, 4) is 5.69 Å². The molecule has 0 aliphatic heterocycles. The van der Waals surface area contributed by atoms with Crippen LogP contribution in [-0.2, 0) is 4.79 Å². The van der Waals surface area contributed by atoms with Gasteiger partial charge in [-0.3, -0.25) is 19.5 Å². The van der Waals surface area contributed by atoms with Gasteiger partial charge in [-0.2, -0.15) is 0 Å². The summed E-state index contributed by atoms with van der Waals surface area (Å²) in [6.45, 7) is 3.68. The molecule has 9 heteroatoms. The Morgan fingerprint density at radius 3 is 2.59 bits per heavy atom. The fourth-order valence-corrected chi connectivity index (χ4v) is 3.59. The van der Waals surface area contributed by atoms with Crippen LogP contribution in [0.25, 0.3) is 16.6 Å². The Balaban J connectivity index is 2.06. The van der Waals surface area contributed by atoms with Gasteiger partial charge in [-0.1, -0.05) is 36.0 Å². The van der Waals surface area contributed by atoms with E-state index >= 15 is 0 Å². The zero-order chi connectivity index (χ0) is 21.0. The molecule has 1 atom stereocenters. The Labute approximate surface area is 170 Å². The maximum absolute atomic E-state index is 14.5. The SMILES string of the molecule is CCNC(=O)NC(=O)[C@@H](C)Sc1nc2ccccc2c(=O)n1-c1ccccc1F. The molecule has 0 fully saturated rings. The quantitative estimate of drug-likeness (QED) is 0.495. The Morgan fingerprint density at radius 1 is 1.17 bits per heavy atom. The lowest BCUT2D eigenvalue weighted by atomic mass is 10.2. The van der Waals surface area contributed by atoms with Crippen LogP contribution in [0.4, 0.5) is 9.18 Å². The number of urea groups is 1. The summed E-state index contributed by atoms with van der Waals surface area (Å²) in [4.78, 5) is 41.5. The van der Waals surface area contributed by atoms with Crippen molar-refractivity contribution >= 4 is 34.6 Å². The summed E-state index contributed by atoms with van der Waals surface area (Å²) in [6, 6.07) is 12.0. The minimum Gasteiger partial charge on any atom is -0.338 e. The molecule has 0 saturated carbocycles. The van der Waals surface area contributed by atoms with Crippen molar-refractivity contribution in [1.82, 2.24) is 20.2 Å². The van der Waals surface area contributed by atoms with Gasteiger partial charge in [-0.15, -0.1) is 0 Å². The molecule has 0 aliphatic carbocycles. The zero-order valence-electron chi connectivity index (χ0n) is 15.8. The summed E-state index contributed by atoms with van der Waals surface area (Å²) in [5.74, 6) is -1.14. The van der Waals surface area contributed by atoms with E-state index in [2.05, 4.69) is 15.6 Å². The fourth-order valence-electron chi connectivity index (χ4n) is 2.67. The number of fused-ring (bicyclic) bond motifs is 1. The molecule has 29 heavy (non-hydrogen) atoms. The van der Waals surface area contributed by atoms with Gasteiger partial charge in [0.2, 0.25) is 5.91 Å². The van der Waals surface area contributed by atoms with E-state index in [0.717, 1.165) is 16.3 Å². The second-order valence-corrected chi connectivity index (χ2v) is 7.42. The predicted molar refractivity (Wildman–Crippen MR) is 110 cm³/mol. The van der Waals surface area contributed by atoms with Crippen molar-refractivity contribution < 1.29 is 14.0 Å². The average molecular weight is 414 g/mol. The second kappa shape index (κ2) is 8.87. The highest BCUT2D eigenvalue weighted by atomic mass is 32.2. The van der Waals surface area contributed by atoms with E-state index in [1.54, 1.807) is 44.2 Å². The highest BCUT2D eigenvalue weighted by Gasteiger charge is 2.22. The molecule has 0 aliphatic rings. The molecule has 3 rings (SSSR count). The molecule has 1 aromatic heterocycles. The summed E-state index contributed by atoms with van der Waals surface area (Å²) in [6.07, 6.45) is 0. The van der Waals surface area contributed by atoms with E-state index in [1.807, 2.05) is 0 Å². The molecule has 0 unspecified atom stereocenters. The molecule has 3 amide bonds. The number of hydrogen-bond donors (Lipinski definition) is 2. The van der Waals surface area contributed by atoms with Crippen molar-refractivity contribution in [3.63, 3.8) is 0 Å². The van der Waals surface area contributed by atoms with Crippen LogP contribution in [0.2, 0.25) is 0 Å². The summed E-state index contributed by atoms with van der Waals surface area (Å²) >= 11 is 0.964. The van der Waals surface area contributed by atoms with Crippen LogP contribution in [0.3, 0.4) is 0 Å². The van der Waals surface area contributed by atoms with Crippen LogP contribution < -0.4 is 16.2 Å². The van der Waals surface area contributed by atoms with E-state index in [-0.39, 0.29) is 10.8 Å². The highest BCUT2D eigenvalue weighted by molar-refractivity contribution is 8.00. The molecular formula is C20H19FN4O3S. The molecule has 0 radical (unpaired) electrons. The molecular weight excluding hydrogens is 395 g/mol. The molecule has 0 saturated heterocycles. The van der Waals surface area contributed by atoms with Gasteiger partial charge in [0.15, 0.2) is 5.16 Å². The largest absolute Gasteiger partial charge is 0.338 e. The summed E-state index contributed by atoms with van der Waals surface area (Å²) in [5, 5.41) is 4.42. The highest BCUT2D eigenvalue weighted by Crippen LogP contribution is 2.26. The summed E-state index contributed by atoms with van der Waals surface area (Å²) in [7, 11) is 0. The van der Waals surface area contributed by atoms with Crippen LogP contribution in [-0.4, -0.2) is 33.3 Å². The number of thioether (sulfide) groups is 1. The fraction of sp³-hybridized carbons (Fsp3) is 0.200. The van der Waals surface area contributed by atoms with E-state index in [4.69, 9.17) is 0 Å². The van der Waals surface area contributed by atoms with Crippen molar-refractivity contribution in [3.05, 3.63) is 64.7 Å². The Hall–Kier alpha value is -3.20. The van der Waals surface area contributed by atoms with E-state index < -0.39 is 28.6 Å². The third-order valence-electron chi connectivity index (χ3n) is 4.06. The van der Waals surface area contributed by atoms with Gasteiger partial charge < -0.3 is 5.32 Å². The number of nitrogens with one attached hydrogen (secondary N) is 2. The lowest BCUT2D eigenvalue weighted by Gasteiger charge is -2.16. The van der Waals surface area contributed by atoms with Gasteiger partial charge >= 0.3 is 6.03 Å². The minimum atomic E-state index is -0.760. The standard InChI is InChI=1S/C20H19FN4O3S/c1-3-22-19(28)24-17(26)12(2)29-20-23-15-10-6-4-8-13(15)18(27)25(20)16-11-7-5-9-14(16)21/h4-12H,3H2,1-2H3,(H2,22,24,26,28)/t12-/m1/s1. The number of nitrogens with zero attached hydrogens (tertiary/aromatic N) is 2. The number of amides is 3. The first-order valence-corrected chi connectivity index (χ1v) is 9.82. The van der Waals surface area contributed by atoms with E-state index in [9.17, 15) is 18.8 Å². The molecule has 0 spiro atoms. The second-order valence-electron chi connectivity index (χ2n) is 6.11. The number of para-hydroxylation sites is 2. The van der Waals surface area contributed by atoms with Crippen LogP contribution >= 0.6 is 11.8 Å². The van der Waals surface area contributed by atoms with E-state index in [1.165, 1.54) is 18.2 Å². The van der Waals surface area contributed by atoms with Crippen LogP contribution in [0.15, 0.2) is 58.5 Å². The van der Waals surface area contributed by atoms with Gasteiger partial charge in [0, 0.05) is 6.54 Å². The molecule has 1 heterocycles. The maximum atomic E-state index is 14.5. The van der Waals surface area contributed by atoms with Crippen molar-refractivity contribution in [2.75, 3.05) is 6.54 Å². The number of hydrogen-bond acceptors (Lipinski definition) is 5. The number of imide groups is 1. The Morgan fingerprint density at radius 2 is 1.86 bits per heavy atom. The van der Waals surface area contributed by atoms with E-state index in [0.29, 0.717) is 17.4 Å².